The van der Waals surface area contributed by atoms with Gasteiger partial charge in [0.25, 0.3) is 0 Å². The fourth-order valence-electron chi connectivity index (χ4n) is 2.57. The molecule has 0 bridgehead atoms. The van der Waals surface area contributed by atoms with E-state index in [4.69, 9.17) is 13.0 Å². The molecule has 1 heterocycles. The molecule has 1 saturated heterocycles. The number of carbonyl (C=O) groups is 1. The van der Waals surface area contributed by atoms with Crippen molar-refractivity contribution in [3.05, 3.63) is 35.9 Å². The molecule has 1 aromatic rings. The van der Waals surface area contributed by atoms with Crippen LogP contribution < -0.4 is 5.32 Å². The molecule has 1 aromatic carbocycles. The van der Waals surface area contributed by atoms with Gasteiger partial charge in [-0.2, -0.15) is 21.6 Å². The predicted molar refractivity (Wildman–Crippen MR) is 90.7 cm³/mol. The van der Waals surface area contributed by atoms with E-state index in [2.05, 4.69) is 38.2 Å². The maximum absolute atomic E-state index is 12.2. The molecule has 0 radical (unpaired) electrons. The number of carbonyl (C=O) groups excluding carboxylic acids is 1. The number of hydrogen-bond acceptors (Lipinski definition) is 4. The van der Waals surface area contributed by atoms with Crippen molar-refractivity contribution in [1.82, 2.24) is 10.2 Å². The highest BCUT2D eigenvalue weighted by molar-refractivity contribution is 7.86. The summed E-state index contributed by atoms with van der Waals surface area (Å²) in [6.45, 7) is 6.46. The van der Waals surface area contributed by atoms with Crippen LogP contribution in [0.5, 0.6) is 0 Å². The van der Waals surface area contributed by atoms with Crippen LogP contribution in [-0.4, -0.2) is 48.5 Å². The van der Waals surface area contributed by atoms with Gasteiger partial charge in [-0.1, -0.05) is 51.1 Å². The molecule has 1 aliphatic heterocycles. The van der Waals surface area contributed by atoms with Gasteiger partial charge >= 0.3 is 15.6 Å². The Morgan fingerprint density at radius 2 is 1.62 bits per heavy atom. The molecule has 2 atom stereocenters. The summed E-state index contributed by atoms with van der Waals surface area (Å²) in [4.78, 5) is 14.1. The number of nitrogens with zero attached hydrogens (tertiary/aromatic N) is 1. The highest BCUT2D eigenvalue weighted by atomic mass is 32.2. The van der Waals surface area contributed by atoms with Gasteiger partial charge in [0.1, 0.15) is 0 Å². The molecule has 10 heteroatoms. The zero-order valence-electron chi connectivity index (χ0n) is 14.9. The monoisotopic (exact) mass is 396 g/mol. The van der Waals surface area contributed by atoms with Crippen molar-refractivity contribution in [2.75, 3.05) is 7.05 Å². The molecule has 1 amide bonds. The van der Waals surface area contributed by atoms with Gasteiger partial charge in [-0.15, -0.1) is 0 Å². The van der Waals surface area contributed by atoms with Crippen LogP contribution in [0.4, 0.5) is 13.2 Å². The van der Waals surface area contributed by atoms with E-state index in [1.165, 1.54) is 5.56 Å². The number of alkyl halides is 3. The van der Waals surface area contributed by atoms with Crippen molar-refractivity contribution in [3.63, 3.8) is 0 Å². The van der Waals surface area contributed by atoms with Crippen molar-refractivity contribution in [1.29, 1.82) is 0 Å². The molecule has 2 N–H and O–H groups in total. The van der Waals surface area contributed by atoms with Crippen molar-refractivity contribution < 1.29 is 30.9 Å². The van der Waals surface area contributed by atoms with Crippen molar-refractivity contribution in [2.24, 2.45) is 5.41 Å². The topological polar surface area (TPSA) is 86.7 Å². The Bertz CT molecular complexity index is 715. The molecule has 0 aliphatic carbocycles. The minimum atomic E-state index is -5.84. The van der Waals surface area contributed by atoms with Crippen LogP contribution in [0.1, 0.15) is 26.3 Å². The summed E-state index contributed by atoms with van der Waals surface area (Å²) in [5.41, 5.74) is -4.28. The van der Waals surface area contributed by atoms with E-state index in [0.717, 1.165) is 6.42 Å². The van der Waals surface area contributed by atoms with Crippen molar-refractivity contribution >= 4 is 16.0 Å². The number of halogens is 3. The lowest BCUT2D eigenvalue weighted by Gasteiger charge is -2.32. The van der Waals surface area contributed by atoms with Crippen LogP contribution in [0, 0.1) is 5.41 Å². The van der Waals surface area contributed by atoms with E-state index in [-0.39, 0.29) is 23.5 Å². The van der Waals surface area contributed by atoms with Gasteiger partial charge in [0.2, 0.25) is 5.91 Å². The third kappa shape index (κ3) is 5.96. The second-order valence-corrected chi connectivity index (χ2v) is 8.46. The van der Waals surface area contributed by atoms with Gasteiger partial charge in [0.15, 0.2) is 0 Å². The molecule has 0 unspecified atom stereocenters. The average Bonchev–Trinajstić information content (AvgIpc) is 2.75. The average molecular weight is 396 g/mol. The molecule has 0 spiro atoms. The summed E-state index contributed by atoms with van der Waals surface area (Å²) in [6, 6.07) is 10.1. The minimum absolute atomic E-state index is 0.0514. The lowest BCUT2D eigenvalue weighted by molar-refractivity contribution is -0.129. The van der Waals surface area contributed by atoms with E-state index < -0.39 is 15.6 Å². The summed E-state index contributed by atoms with van der Waals surface area (Å²) in [7, 11) is -3.96. The lowest BCUT2D eigenvalue weighted by atomic mass is 9.92. The van der Waals surface area contributed by atoms with Crippen LogP contribution in [0.25, 0.3) is 0 Å². The van der Waals surface area contributed by atoms with E-state index >= 15 is 0 Å². The van der Waals surface area contributed by atoms with Gasteiger partial charge in [0, 0.05) is 7.05 Å². The Kier molecular flexibility index (Phi) is 6.83. The normalized spacial score (nSPS) is 21.4. The van der Waals surface area contributed by atoms with Crippen LogP contribution in [0.2, 0.25) is 0 Å². The number of hydrogen-bond donors (Lipinski definition) is 2. The van der Waals surface area contributed by atoms with Crippen LogP contribution in [0.3, 0.4) is 0 Å². The Morgan fingerprint density at radius 3 is 1.96 bits per heavy atom. The minimum Gasteiger partial charge on any atom is -0.328 e. The third-order valence-corrected chi connectivity index (χ3v) is 4.37. The summed E-state index contributed by atoms with van der Waals surface area (Å²) in [5, 5.41) is 3.46. The Labute approximate surface area is 151 Å². The first kappa shape index (κ1) is 22.4. The zero-order valence-corrected chi connectivity index (χ0v) is 15.7. The molecule has 2 rings (SSSR count). The summed E-state index contributed by atoms with van der Waals surface area (Å²) >= 11 is 0. The number of nitrogens with one attached hydrogen (secondary N) is 1. The largest absolute Gasteiger partial charge is 0.522 e. The number of benzene rings is 1. The summed E-state index contributed by atoms with van der Waals surface area (Å²) < 4.78 is 57.5. The molecule has 0 saturated carbocycles. The van der Waals surface area contributed by atoms with Gasteiger partial charge in [-0.25, -0.2) is 0 Å². The van der Waals surface area contributed by atoms with E-state index in [1.807, 2.05) is 30.1 Å². The first-order chi connectivity index (χ1) is 11.6. The van der Waals surface area contributed by atoms with Gasteiger partial charge in [-0.05, 0) is 17.4 Å². The van der Waals surface area contributed by atoms with E-state index in [0.29, 0.717) is 0 Å². The molecule has 6 nitrogen and oxygen atoms in total. The quantitative estimate of drug-likeness (QED) is 0.592. The highest BCUT2D eigenvalue weighted by Crippen LogP contribution is 2.27. The molecule has 148 valence electrons. The van der Waals surface area contributed by atoms with Crippen molar-refractivity contribution in [3.8, 4) is 0 Å². The standard InChI is InChI=1S/C15H22N2O.CHF3O3S/c1-15(2,3)14-16-12(13(18)17(14)4)10-11-8-6-5-7-9-11;2-1(3,4)8(5,6)7/h5-9,12,14,16H,10H2,1-4H3;(H,5,6,7)/t12-,14-;/m1./s1. The molecule has 1 fully saturated rings. The molecular formula is C16H23F3N2O4S. The Balaban J connectivity index is 0.000000359. The van der Waals surface area contributed by atoms with Gasteiger partial charge < -0.3 is 4.90 Å². The summed E-state index contributed by atoms with van der Waals surface area (Å²) in [5.74, 6) is 0.193. The van der Waals surface area contributed by atoms with Gasteiger partial charge in [0.05, 0.1) is 12.2 Å². The molecule has 1 aliphatic rings. The molecular weight excluding hydrogens is 373 g/mol. The Morgan fingerprint density at radius 1 is 1.15 bits per heavy atom. The zero-order chi connectivity index (χ0) is 20.3. The highest BCUT2D eigenvalue weighted by Gasteiger charge is 2.44. The predicted octanol–water partition coefficient (Wildman–Crippen LogP) is 2.43. The fourth-order valence-corrected chi connectivity index (χ4v) is 2.57. The maximum atomic E-state index is 12.2. The fraction of sp³-hybridized carbons (Fsp3) is 0.562. The number of rotatable bonds is 2. The van der Waals surface area contributed by atoms with Crippen LogP contribution in [-0.2, 0) is 21.3 Å². The lowest BCUT2D eigenvalue weighted by Crippen LogP contribution is -2.45. The van der Waals surface area contributed by atoms with Crippen LogP contribution in [0.15, 0.2) is 30.3 Å². The summed E-state index contributed by atoms with van der Waals surface area (Å²) in [6.07, 6.45) is 0.870. The smallest absolute Gasteiger partial charge is 0.328 e. The SMILES string of the molecule is CN1C(=O)[C@@H](Cc2ccccc2)N[C@H]1C(C)(C)C.O=S(=O)(O)C(F)(F)F. The van der Waals surface area contributed by atoms with Crippen LogP contribution >= 0.6 is 0 Å². The van der Waals surface area contributed by atoms with E-state index in [9.17, 15) is 18.0 Å². The molecule has 26 heavy (non-hydrogen) atoms. The third-order valence-electron chi connectivity index (χ3n) is 3.79. The van der Waals surface area contributed by atoms with Crippen molar-refractivity contribution in [2.45, 2.75) is 44.9 Å². The Hall–Kier alpha value is -1.65. The van der Waals surface area contributed by atoms with E-state index in [1.54, 1.807) is 0 Å². The first-order valence-corrected chi connectivity index (χ1v) is 9.19. The molecule has 0 aromatic heterocycles. The first-order valence-electron chi connectivity index (χ1n) is 7.75. The number of amides is 1. The second kappa shape index (κ2) is 7.93. The maximum Gasteiger partial charge on any atom is 0.522 e. The number of likely N-dealkylation sites (N-methyl/N-ethyl adjacent to an activating group) is 1. The van der Waals surface area contributed by atoms with Gasteiger partial charge in [-0.3, -0.25) is 14.7 Å². The second-order valence-electron chi connectivity index (χ2n) is 7.05.